The number of nitrogens with one attached hydrogen (secondary N) is 3. The molecule has 10 nitrogen and oxygen atoms in total. The van der Waals surface area contributed by atoms with Crippen LogP contribution in [0.15, 0.2) is 18.2 Å². The Balaban J connectivity index is 1.72. The number of carbonyl (C=O) groups excluding carboxylic acids is 2. The Bertz CT molecular complexity index is 1160. The molecule has 1 aromatic heterocycles. The van der Waals surface area contributed by atoms with Crippen LogP contribution in [0.5, 0.6) is 0 Å². The van der Waals surface area contributed by atoms with Crippen molar-refractivity contribution in [3.05, 3.63) is 52.1 Å². The number of hydrogen-bond acceptors (Lipinski definition) is 6. The Hall–Kier alpha value is -3.54. The third-order valence-electron chi connectivity index (χ3n) is 5.60. The second-order valence-electron chi connectivity index (χ2n) is 8.20. The zero-order valence-corrected chi connectivity index (χ0v) is 18.6. The van der Waals surface area contributed by atoms with Gasteiger partial charge in [0.1, 0.15) is 5.82 Å². The lowest BCUT2D eigenvalue weighted by atomic mass is 10.0. The van der Waals surface area contributed by atoms with Crippen molar-refractivity contribution in [2.45, 2.75) is 45.0 Å². The van der Waals surface area contributed by atoms with E-state index in [-0.39, 0.29) is 24.1 Å². The number of carboxylic acids is 1. The van der Waals surface area contributed by atoms with E-state index in [0.29, 0.717) is 28.2 Å². The van der Waals surface area contributed by atoms with E-state index in [2.05, 4.69) is 15.6 Å². The molecule has 34 heavy (non-hydrogen) atoms. The SMILES string of the molecule is Cc1[nH]c(/C=C2\C(=O)Nc3ccc(F)cc32)c(C)c1C(=O)NCC(O)C(O)CC(O)CC(=O)O. The summed E-state index contributed by atoms with van der Waals surface area (Å²) in [5, 5.41) is 43.4. The molecular weight excluding hydrogens is 449 g/mol. The van der Waals surface area contributed by atoms with Crippen LogP contribution in [0.3, 0.4) is 0 Å². The maximum Gasteiger partial charge on any atom is 0.305 e. The molecular formula is C23H26FN3O7. The molecule has 0 spiro atoms. The number of rotatable bonds is 9. The Labute approximate surface area is 194 Å². The fourth-order valence-electron chi connectivity index (χ4n) is 3.85. The summed E-state index contributed by atoms with van der Waals surface area (Å²) < 4.78 is 13.7. The van der Waals surface area contributed by atoms with Crippen LogP contribution in [0, 0.1) is 19.7 Å². The third kappa shape index (κ3) is 5.50. The number of halogens is 1. The van der Waals surface area contributed by atoms with Crippen LogP contribution in [0.1, 0.15) is 45.7 Å². The van der Waals surface area contributed by atoms with E-state index >= 15 is 0 Å². The molecule has 0 fully saturated rings. The minimum Gasteiger partial charge on any atom is -0.481 e. The van der Waals surface area contributed by atoms with Gasteiger partial charge in [0.05, 0.1) is 35.9 Å². The van der Waals surface area contributed by atoms with Gasteiger partial charge in [0.15, 0.2) is 0 Å². The molecule has 3 unspecified atom stereocenters. The molecule has 182 valence electrons. The smallest absolute Gasteiger partial charge is 0.305 e. The van der Waals surface area contributed by atoms with Crippen molar-refractivity contribution in [3.63, 3.8) is 0 Å². The standard InChI is InChI=1S/C23H26FN3O7/c1-10-17(8-15-14-5-12(24)3-4-16(14)27-22(15)33)26-11(2)21(10)23(34)25-9-19(30)18(29)6-13(28)7-20(31)32/h3-5,8,13,18-19,26,28-30H,6-7,9H2,1-2H3,(H,25,34)(H,27,33)(H,31,32)/b15-8-. The van der Waals surface area contributed by atoms with Gasteiger partial charge in [-0.15, -0.1) is 0 Å². The zero-order valence-electron chi connectivity index (χ0n) is 18.6. The van der Waals surface area contributed by atoms with Gasteiger partial charge in [0.25, 0.3) is 11.8 Å². The monoisotopic (exact) mass is 475 g/mol. The van der Waals surface area contributed by atoms with Gasteiger partial charge in [-0.05, 0) is 43.7 Å². The molecule has 3 rings (SSSR count). The minimum atomic E-state index is -1.44. The highest BCUT2D eigenvalue weighted by Crippen LogP contribution is 2.34. The normalized spacial score (nSPS) is 16.6. The van der Waals surface area contributed by atoms with Crippen molar-refractivity contribution in [2.75, 3.05) is 11.9 Å². The average molecular weight is 475 g/mol. The summed E-state index contributed by atoms with van der Waals surface area (Å²) in [6, 6.07) is 3.96. The van der Waals surface area contributed by atoms with Crippen molar-refractivity contribution in [2.24, 2.45) is 0 Å². The van der Waals surface area contributed by atoms with Crippen LogP contribution >= 0.6 is 0 Å². The molecule has 2 heterocycles. The van der Waals surface area contributed by atoms with Gasteiger partial charge in [-0.2, -0.15) is 0 Å². The van der Waals surface area contributed by atoms with E-state index in [9.17, 15) is 34.1 Å². The van der Waals surface area contributed by atoms with E-state index in [1.165, 1.54) is 24.3 Å². The van der Waals surface area contributed by atoms with Gasteiger partial charge in [0, 0.05) is 35.6 Å². The Morgan fingerprint density at radius 3 is 2.56 bits per heavy atom. The average Bonchev–Trinajstić information content (AvgIpc) is 3.20. The van der Waals surface area contributed by atoms with Crippen LogP contribution < -0.4 is 10.6 Å². The Morgan fingerprint density at radius 2 is 1.88 bits per heavy atom. The molecule has 0 saturated carbocycles. The maximum absolute atomic E-state index is 13.7. The fourth-order valence-corrected chi connectivity index (χ4v) is 3.85. The van der Waals surface area contributed by atoms with E-state index in [0.717, 1.165) is 0 Å². The molecule has 0 radical (unpaired) electrons. The maximum atomic E-state index is 13.7. The number of fused-ring (bicyclic) bond motifs is 1. The van der Waals surface area contributed by atoms with Crippen molar-refractivity contribution in [3.8, 4) is 0 Å². The number of aromatic amines is 1. The number of aromatic nitrogens is 1. The number of carboxylic acid groups (broad SMARTS) is 1. The molecule has 2 amide bonds. The summed E-state index contributed by atoms with van der Waals surface area (Å²) in [4.78, 5) is 38.7. The highest BCUT2D eigenvalue weighted by atomic mass is 19.1. The van der Waals surface area contributed by atoms with Crippen LogP contribution in [-0.2, 0) is 9.59 Å². The lowest BCUT2D eigenvalue weighted by molar-refractivity contribution is -0.139. The molecule has 0 aliphatic carbocycles. The number of benzene rings is 1. The lowest BCUT2D eigenvalue weighted by Crippen LogP contribution is -2.40. The molecule has 1 aliphatic heterocycles. The summed E-state index contributed by atoms with van der Waals surface area (Å²) in [5.41, 5.74) is 2.89. The number of aliphatic hydroxyl groups excluding tert-OH is 3. The van der Waals surface area contributed by atoms with Gasteiger partial charge in [-0.1, -0.05) is 0 Å². The number of aliphatic hydroxyl groups is 3. The lowest BCUT2D eigenvalue weighted by Gasteiger charge is -2.20. The van der Waals surface area contributed by atoms with E-state index in [4.69, 9.17) is 5.11 Å². The molecule has 7 N–H and O–H groups in total. The number of amides is 2. The molecule has 0 bridgehead atoms. The number of H-pyrrole nitrogens is 1. The first-order valence-corrected chi connectivity index (χ1v) is 10.5. The highest BCUT2D eigenvalue weighted by Gasteiger charge is 2.27. The molecule has 3 atom stereocenters. The first-order valence-electron chi connectivity index (χ1n) is 10.5. The Kier molecular flexibility index (Phi) is 7.50. The molecule has 1 aromatic carbocycles. The third-order valence-corrected chi connectivity index (χ3v) is 5.60. The first-order chi connectivity index (χ1) is 16.0. The van der Waals surface area contributed by atoms with Gasteiger partial charge in [-0.25, -0.2) is 4.39 Å². The largest absolute Gasteiger partial charge is 0.481 e. The van der Waals surface area contributed by atoms with Crippen molar-refractivity contribution in [1.29, 1.82) is 0 Å². The summed E-state index contributed by atoms with van der Waals surface area (Å²) in [6.45, 7) is 2.98. The van der Waals surface area contributed by atoms with E-state index in [1.807, 2.05) is 0 Å². The van der Waals surface area contributed by atoms with Crippen molar-refractivity contribution in [1.82, 2.24) is 10.3 Å². The van der Waals surface area contributed by atoms with Crippen molar-refractivity contribution >= 4 is 35.1 Å². The number of carbonyl (C=O) groups is 3. The van der Waals surface area contributed by atoms with Crippen LogP contribution in [0.25, 0.3) is 11.6 Å². The highest BCUT2D eigenvalue weighted by molar-refractivity contribution is 6.34. The fraction of sp³-hybridized carbons (Fsp3) is 0.348. The predicted molar refractivity (Wildman–Crippen MR) is 120 cm³/mol. The van der Waals surface area contributed by atoms with Crippen LogP contribution in [-0.4, -0.2) is 68.1 Å². The second-order valence-corrected chi connectivity index (χ2v) is 8.20. The summed E-state index contributed by atoms with van der Waals surface area (Å²) in [5.74, 6) is -2.68. The summed E-state index contributed by atoms with van der Waals surface area (Å²) in [7, 11) is 0. The van der Waals surface area contributed by atoms with Gasteiger partial charge >= 0.3 is 5.97 Å². The van der Waals surface area contributed by atoms with E-state index in [1.54, 1.807) is 13.8 Å². The number of hydrogen-bond donors (Lipinski definition) is 7. The molecule has 0 saturated heterocycles. The second kappa shape index (κ2) is 10.2. The van der Waals surface area contributed by atoms with Crippen molar-refractivity contribution < 1.29 is 39.2 Å². The van der Waals surface area contributed by atoms with Crippen LogP contribution in [0.4, 0.5) is 10.1 Å². The molecule has 11 heteroatoms. The Morgan fingerprint density at radius 1 is 1.18 bits per heavy atom. The minimum absolute atomic E-state index is 0.240. The number of aliphatic carboxylic acids is 1. The number of aryl methyl sites for hydroxylation is 1. The molecule has 1 aliphatic rings. The zero-order chi connectivity index (χ0) is 25.2. The van der Waals surface area contributed by atoms with E-state index < -0.39 is 48.3 Å². The number of anilines is 1. The quantitative estimate of drug-likeness (QED) is 0.264. The first kappa shape index (κ1) is 25.1. The van der Waals surface area contributed by atoms with Crippen LogP contribution in [0.2, 0.25) is 0 Å². The van der Waals surface area contributed by atoms with Gasteiger partial charge in [-0.3, -0.25) is 14.4 Å². The topological polar surface area (TPSA) is 172 Å². The summed E-state index contributed by atoms with van der Waals surface area (Å²) >= 11 is 0. The predicted octanol–water partition coefficient (Wildman–Crippen LogP) is 0.941. The molecule has 2 aromatic rings. The van der Waals surface area contributed by atoms with Gasteiger partial charge < -0.3 is 36.0 Å². The summed E-state index contributed by atoms with van der Waals surface area (Å²) in [6.07, 6.45) is -3.62. The van der Waals surface area contributed by atoms with Gasteiger partial charge in [0.2, 0.25) is 0 Å².